The number of benzene rings is 1. The summed E-state index contributed by atoms with van der Waals surface area (Å²) in [5.74, 6) is -0.405. The van der Waals surface area contributed by atoms with E-state index in [-0.39, 0.29) is 28.7 Å². The van der Waals surface area contributed by atoms with E-state index in [9.17, 15) is 22.8 Å². The highest BCUT2D eigenvalue weighted by molar-refractivity contribution is 5.94. The molecule has 0 saturated carbocycles. The predicted octanol–water partition coefficient (Wildman–Crippen LogP) is 4.11. The number of hydrogen-bond acceptors (Lipinski definition) is 2. The van der Waals surface area contributed by atoms with Crippen LogP contribution in [0.15, 0.2) is 24.3 Å². The Morgan fingerprint density at radius 1 is 1.07 bits per heavy atom. The molecule has 0 atom stereocenters. The summed E-state index contributed by atoms with van der Waals surface area (Å²) in [5, 5.41) is 2.96. The molecular formula is C20H27F3N2O2. The molecule has 7 heteroatoms. The van der Waals surface area contributed by atoms with Crippen molar-refractivity contribution in [3.8, 4) is 0 Å². The molecule has 1 fully saturated rings. The Balaban J connectivity index is 1.84. The Morgan fingerprint density at radius 2 is 1.63 bits per heavy atom. The number of piperidine rings is 1. The van der Waals surface area contributed by atoms with Crippen LogP contribution in [0.4, 0.5) is 13.2 Å². The van der Waals surface area contributed by atoms with Gasteiger partial charge in [-0.3, -0.25) is 9.59 Å². The third-order valence-corrected chi connectivity index (χ3v) is 4.79. The van der Waals surface area contributed by atoms with Gasteiger partial charge in [0.1, 0.15) is 0 Å². The summed E-state index contributed by atoms with van der Waals surface area (Å²) in [6, 6.07) is 4.25. The van der Waals surface area contributed by atoms with Crippen molar-refractivity contribution >= 4 is 11.8 Å². The zero-order chi connectivity index (χ0) is 20.2. The molecule has 1 aliphatic rings. The summed E-state index contributed by atoms with van der Waals surface area (Å²) < 4.78 is 37.8. The highest BCUT2D eigenvalue weighted by Gasteiger charge is 2.31. The van der Waals surface area contributed by atoms with Gasteiger partial charge in [0.15, 0.2) is 0 Å². The number of nitrogens with zero attached hydrogens (tertiary/aromatic N) is 1. The number of carbonyl (C=O) groups excluding carboxylic acids is 2. The summed E-state index contributed by atoms with van der Waals surface area (Å²) in [6.45, 7) is 7.83. The smallest absolute Gasteiger partial charge is 0.356 e. The van der Waals surface area contributed by atoms with Gasteiger partial charge in [0.05, 0.1) is 5.56 Å². The Bertz CT molecular complexity index is 655. The number of hydrogen-bond donors (Lipinski definition) is 1. The minimum absolute atomic E-state index is 0.0147. The topological polar surface area (TPSA) is 49.4 Å². The first-order valence-corrected chi connectivity index (χ1v) is 9.21. The summed E-state index contributed by atoms with van der Waals surface area (Å²) >= 11 is 0. The Hall–Kier alpha value is -2.05. The van der Waals surface area contributed by atoms with E-state index in [1.807, 2.05) is 0 Å². The molecule has 1 aromatic rings. The van der Waals surface area contributed by atoms with Gasteiger partial charge in [-0.05, 0) is 48.9 Å². The number of halogens is 3. The Morgan fingerprint density at radius 3 is 2.11 bits per heavy atom. The SMILES string of the molecule is CC(C)(C)CCNC(=O)C1CCN(C(=O)c2ccc(C(F)(F)F)cc2)CC1. The van der Waals surface area contributed by atoms with Gasteiger partial charge >= 0.3 is 6.18 Å². The molecule has 2 amide bonds. The highest BCUT2D eigenvalue weighted by atomic mass is 19.4. The monoisotopic (exact) mass is 384 g/mol. The van der Waals surface area contributed by atoms with Gasteiger partial charge in [-0.15, -0.1) is 0 Å². The van der Waals surface area contributed by atoms with Crippen LogP contribution in [-0.4, -0.2) is 36.3 Å². The molecule has 2 rings (SSSR count). The molecule has 1 saturated heterocycles. The van der Waals surface area contributed by atoms with Crippen molar-refractivity contribution < 1.29 is 22.8 Å². The molecule has 1 aliphatic heterocycles. The first-order chi connectivity index (χ1) is 12.5. The molecule has 150 valence electrons. The van der Waals surface area contributed by atoms with Crippen LogP contribution in [0.1, 0.15) is 56.0 Å². The van der Waals surface area contributed by atoms with Crippen LogP contribution in [-0.2, 0) is 11.0 Å². The van der Waals surface area contributed by atoms with E-state index < -0.39 is 11.7 Å². The van der Waals surface area contributed by atoms with E-state index in [0.717, 1.165) is 18.6 Å². The van der Waals surface area contributed by atoms with Crippen LogP contribution in [0.25, 0.3) is 0 Å². The molecule has 27 heavy (non-hydrogen) atoms. The van der Waals surface area contributed by atoms with Crippen molar-refractivity contribution in [2.45, 2.75) is 46.2 Å². The molecule has 1 N–H and O–H groups in total. The lowest BCUT2D eigenvalue weighted by Gasteiger charge is -2.31. The second-order valence-electron chi connectivity index (χ2n) is 8.24. The number of alkyl halides is 3. The maximum absolute atomic E-state index is 12.6. The second-order valence-corrected chi connectivity index (χ2v) is 8.24. The maximum atomic E-state index is 12.6. The van der Waals surface area contributed by atoms with Gasteiger partial charge in [-0.1, -0.05) is 20.8 Å². The molecule has 0 aromatic heterocycles. The second kappa shape index (κ2) is 8.31. The van der Waals surface area contributed by atoms with E-state index in [4.69, 9.17) is 0 Å². The number of likely N-dealkylation sites (tertiary alicyclic amines) is 1. The minimum atomic E-state index is -4.42. The first kappa shape index (κ1) is 21.3. The normalized spacial score (nSPS) is 16.3. The third kappa shape index (κ3) is 6.26. The molecule has 4 nitrogen and oxygen atoms in total. The maximum Gasteiger partial charge on any atom is 0.416 e. The molecule has 1 aromatic carbocycles. The summed E-state index contributed by atoms with van der Waals surface area (Å²) in [5.41, 5.74) is -0.383. The average Bonchev–Trinajstić information content (AvgIpc) is 2.59. The zero-order valence-corrected chi connectivity index (χ0v) is 16.0. The average molecular weight is 384 g/mol. The van der Waals surface area contributed by atoms with Crippen LogP contribution in [0.3, 0.4) is 0 Å². The molecule has 0 spiro atoms. The van der Waals surface area contributed by atoms with E-state index in [0.29, 0.717) is 32.5 Å². The van der Waals surface area contributed by atoms with Gasteiger partial charge in [0.25, 0.3) is 5.91 Å². The minimum Gasteiger partial charge on any atom is -0.356 e. The van der Waals surface area contributed by atoms with Crippen molar-refractivity contribution in [1.29, 1.82) is 0 Å². The van der Waals surface area contributed by atoms with Crippen molar-refractivity contribution in [1.82, 2.24) is 10.2 Å². The fraction of sp³-hybridized carbons (Fsp3) is 0.600. The number of nitrogens with one attached hydrogen (secondary N) is 1. The molecule has 1 heterocycles. The lowest BCUT2D eigenvalue weighted by Crippen LogP contribution is -2.43. The van der Waals surface area contributed by atoms with Gasteiger partial charge in [0.2, 0.25) is 5.91 Å². The van der Waals surface area contributed by atoms with Crippen molar-refractivity contribution in [3.63, 3.8) is 0 Å². The standard InChI is InChI=1S/C20H27F3N2O2/c1-19(2,3)10-11-24-17(26)14-8-12-25(13-9-14)18(27)15-4-6-16(7-5-15)20(21,22)23/h4-7,14H,8-13H2,1-3H3,(H,24,26). The summed E-state index contributed by atoms with van der Waals surface area (Å²) in [6.07, 6.45) is -2.40. The molecular weight excluding hydrogens is 357 g/mol. The lowest BCUT2D eigenvalue weighted by molar-refractivity contribution is -0.137. The Labute approximate surface area is 158 Å². The van der Waals surface area contributed by atoms with Crippen LogP contribution < -0.4 is 5.32 Å². The van der Waals surface area contributed by atoms with Gasteiger partial charge in [0, 0.05) is 31.1 Å². The van der Waals surface area contributed by atoms with E-state index in [2.05, 4.69) is 26.1 Å². The predicted molar refractivity (Wildman–Crippen MR) is 97.2 cm³/mol. The van der Waals surface area contributed by atoms with Crippen LogP contribution in [0, 0.1) is 11.3 Å². The lowest BCUT2D eigenvalue weighted by atomic mass is 9.91. The highest BCUT2D eigenvalue weighted by Crippen LogP contribution is 2.29. The first-order valence-electron chi connectivity index (χ1n) is 9.21. The van der Waals surface area contributed by atoms with Crippen LogP contribution in [0.5, 0.6) is 0 Å². The largest absolute Gasteiger partial charge is 0.416 e. The molecule has 0 radical (unpaired) electrons. The molecule has 0 bridgehead atoms. The third-order valence-electron chi connectivity index (χ3n) is 4.79. The zero-order valence-electron chi connectivity index (χ0n) is 16.0. The van der Waals surface area contributed by atoms with E-state index in [1.165, 1.54) is 12.1 Å². The van der Waals surface area contributed by atoms with Gasteiger partial charge in [-0.25, -0.2) is 0 Å². The fourth-order valence-corrected chi connectivity index (χ4v) is 3.03. The van der Waals surface area contributed by atoms with Crippen molar-refractivity contribution in [3.05, 3.63) is 35.4 Å². The van der Waals surface area contributed by atoms with Crippen molar-refractivity contribution in [2.24, 2.45) is 11.3 Å². The summed E-state index contributed by atoms with van der Waals surface area (Å²) in [4.78, 5) is 26.3. The number of amides is 2. The number of carbonyl (C=O) groups is 2. The van der Waals surface area contributed by atoms with Crippen LogP contribution in [0.2, 0.25) is 0 Å². The van der Waals surface area contributed by atoms with E-state index >= 15 is 0 Å². The summed E-state index contributed by atoms with van der Waals surface area (Å²) in [7, 11) is 0. The molecule has 0 unspecified atom stereocenters. The van der Waals surface area contributed by atoms with E-state index in [1.54, 1.807) is 4.90 Å². The quantitative estimate of drug-likeness (QED) is 0.849. The molecule has 0 aliphatic carbocycles. The van der Waals surface area contributed by atoms with Gasteiger partial charge < -0.3 is 10.2 Å². The Kier molecular flexibility index (Phi) is 6.54. The van der Waals surface area contributed by atoms with Gasteiger partial charge in [-0.2, -0.15) is 13.2 Å². The van der Waals surface area contributed by atoms with Crippen molar-refractivity contribution in [2.75, 3.05) is 19.6 Å². The van der Waals surface area contributed by atoms with Crippen LogP contribution >= 0.6 is 0 Å². The fourth-order valence-electron chi connectivity index (χ4n) is 3.03. The number of rotatable bonds is 4.